The number of benzene rings is 1. The molecular formula is C21H26N2O2. The summed E-state index contributed by atoms with van der Waals surface area (Å²) in [5.74, 6) is 1.12. The lowest BCUT2D eigenvalue weighted by Crippen LogP contribution is -2.30. The van der Waals surface area contributed by atoms with Crippen molar-refractivity contribution in [2.75, 3.05) is 11.4 Å². The highest BCUT2D eigenvalue weighted by atomic mass is 16.5. The Morgan fingerprint density at radius 3 is 2.64 bits per heavy atom. The Labute approximate surface area is 149 Å². The maximum atomic E-state index is 11.4. The molecule has 0 radical (unpaired) electrons. The number of carbonyl (C=O) groups excluding carboxylic acids is 1. The first-order valence-corrected chi connectivity index (χ1v) is 8.95. The van der Waals surface area contributed by atoms with Crippen molar-refractivity contribution in [3.05, 3.63) is 53.3 Å². The number of hydrogen-bond acceptors (Lipinski definition) is 4. The molecule has 1 fully saturated rings. The van der Waals surface area contributed by atoms with Crippen LogP contribution in [0, 0.1) is 13.8 Å². The van der Waals surface area contributed by atoms with E-state index in [4.69, 9.17) is 4.74 Å². The number of pyridine rings is 1. The fraction of sp³-hybridized carbons (Fsp3) is 0.429. The van der Waals surface area contributed by atoms with E-state index in [0.29, 0.717) is 19.1 Å². The smallest absolute Gasteiger partial charge is 0.131 e. The first-order valence-electron chi connectivity index (χ1n) is 8.95. The molecule has 4 nitrogen and oxygen atoms in total. The minimum Gasteiger partial charge on any atom is -0.489 e. The van der Waals surface area contributed by atoms with Crippen LogP contribution in [0.5, 0.6) is 5.75 Å². The Hall–Kier alpha value is -2.36. The Balaban J connectivity index is 1.63. The van der Waals surface area contributed by atoms with Crippen molar-refractivity contribution < 1.29 is 9.53 Å². The molecule has 1 aliphatic heterocycles. The van der Waals surface area contributed by atoms with E-state index in [9.17, 15) is 4.79 Å². The van der Waals surface area contributed by atoms with Crippen LogP contribution in [0.25, 0.3) is 0 Å². The molecule has 2 heterocycles. The van der Waals surface area contributed by atoms with Gasteiger partial charge in [0.15, 0.2) is 0 Å². The third-order valence-corrected chi connectivity index (χ3v) is 4.80. The molecule has 3 rings (SSSR count). The second kappa shape index (κ2) is 7.68. The van der Waals surface area contributed by atoms with Crippen LogP contribution in [0.15, 0.2) is 36.4 Å². The van der Waals surface area contributed by atoms with Crippen molar-refractivity contribution in [1.29, 1.82) is 0 Å². The Bertz CT molecular complexity index is 740. The summed E-state index contributed by atoms with van der Waals surface area (Å²) in [4.78, 5) is 18.3. The SMILES string of the molecule is CC(=O)CC1CCCN1c1ccc(OCc2ccc(C)nc2C)cc1. The number of ketones is 1. The van der Waals surface area contributed by atoms with E-state index >= 15 is 0 Å². The van der Waals surface area contributed by atoms with E-state index in [-0.39, 0.29) is 5.78 Å². The molecule has 2 aromatic rings. The van der Waals surface area contributed by atoms with Crippen LogP contribution < -0.4 is 9.64 Å². The van der Waals surface area contributed by atoms with Crippen molar-refractivity contribution >= 4 is 11.5 Å². The third kappa shape index (κ3) is 4.38. The van der Waals surface area contributed by atoms with Gasteiger partial charge >= 0.3 is 0 Å². The molecule has 1 aliphatic rings. The molecule has 0 bridgehead atoms. The van der Waals surface area contributed by atoms with Crippen LogP contribution in [0.1, 0.15) is 43.1 Å². The van der Waals surface area contributed by atoms with Crippen molar-refractivity contribution in [2.24, 2.45) is 0 Å². The number of Topliss-reactive ketones (excluding diaryl/α,β-unsaturated/α-hetero) is 1. The largest absolute Gasteiger partial charge is 0.489 e. The van der Waals surface area contributed by atoms with Crippen LogP contribution in [-0.4, -0.2) is 23.4 Å². The van der Waals surface area contributed by atoms with Gasteiger partial charge in [0.25, 0.3) is 0 Å². The zero-order valence-electron chi connectivity index (χ0n) is 15.3. The van der Waals surface area contributed by atoms with Gasteiger partial charge in [0.1, 0.15) is 18.1 Å². The molecular weight excluding hydrogens is 312 g/mol. The van der Waals surface area contributed by atoms with Gasteiger partial charge in [0, 0.05) is 41.6 Å². The maximum absolute atomic E-state index is 11.4. The first kappa shape index (κ1) is 17.5. The summed E-state index contributed by atoms with van der Waals surface area (Å²) >= 11 is 0. The molecule has 0 saturated carbocycles. The number of nitrogens with zero attached hydrogens (tertiary/aromatic N) is 2. The summed E-state index contributed by atoms with van der Waals surface area (Å²) in [5, 5.41) is 0. The molecule has 0 amide bonds. The molecule has 1 aromatic heterocycles. The van der Waals surface area contributed by atoms with E-state index in [1.807, 2.05) is 32.0 Å². The Morgan fingerprint density at radius 2 is 1.96 bits per heavy atom. The van der Waals surface area contributed by atoms with Crippen molar-refractivity contribution in [3.63, 3.8) is 0 Å². The van der Waals surface area contributed by atoms with E-state index in [0.717, 1.165) is 42.1 Å². The average Bonchev–Trinajstić information content (AvgIpc) is 3.02. The number of ether oxygens (including phenoxy) is 1. The predicted octanol–water partition coefficient (Wildman–Crippen LogP) is 4.23. The quantitative estimate of drug-likeness (QED) is 0.791. The molecule has 4 heteroatoms. The van der Waals surface area contributed by atoms with Gasteiger partial charge in [-0.05, 0) is 63.9 Å². The van der Waals surface area contributed by atoms with Gasteiger partial charge in [-0.25, -0.2) is 0 Å². The van der Waals surface area contributed by atoms with Gasteiger partial charge < -0.3 is 9.64 Å². The van der Waals surface area contributed by atoms with Crippen LogP contribution in [0.4, 0.5) is 5.69 Å². The molecule has 132 valence electrons. The second-order valence-electron chi connectivity index (χ2n) is 6.88. The lowest BCUT2D eigenvalue weighted by molar-refractivity contribution is -0.117. The van der Waals surface area contributed by atoms with Crippen molar-refractivity contribution in [2.45, 2.75) is 52.7 Å². The molecule has 25 heavy (non-hydrogen) atoms. The molecule has 1 atom stereocenters. The lowest BCUT2D eigenvalue weighted by atomic mass is 10.1. The van der Waals surface area contributed by atoms with Crippen molar-refractivity contribution in [1.82, 2.24) is 4.98 Å². The van der Waals surface area contributed by atoms with Gasteiger partial charge in [-0.3, -0.25) is 9.78 Å². The van der Waals surface area contributed by atoms with Gasteiger partial charge in [-0.15, -0.1) is 0 Å². The van der Waals surface area contributed by atoms with E-state index in [1.165, 1.54) is 5.69 Å². The monoisotopic (exact) mass is 338 g/mol. The van der Waals surface area contributed by atoms with Crippen LogP contribution in [0.3, 0.4) is 0 Å². The topological polar surface area (TPSA) is 42.4 Å². The number of hydrogen-bond donors (Lipinski definition) is 0. The summed E-state index contributed by atoms with van der Waals surface area (Å²) < 4.78 is 5.91. The highest BCUT2D eigenvalue weighted by Gasteiger charge is 2.25. The van der Waals surface area contributed by atoms with E-state index in [2.05, 4.69) is 28.1 Å². The minimum atomic E-state index is 0.263. The van der Waals surface area contributed by atoms with Gasteiger partial charge in [0.05, 0.1) is 0 Å². The maximum Gasteiger partial charge on any atom is 0.131 e. The standard InChI is InChI=1S/C21H26N2O2/c1-15-6-7-18(17(3)22-15)14-25-21-10-8-19(9-11-21)23-12-4-5-20(23)13-16(2)24/h6-11,20H,4-5,12-14H2,1-3H3. The molecule has 1 aromatic carbocycles. The van der Waals surface area contributed by atoms with Crippen molar-refractivity contribution in [3.8, 4) is 5.75 Å². The molecule has 1 saturated heterocycles. The summed E-state index contributed by atoms with van der Waals surface area (Å²) in [6.45, 7) is 7.22. The number of rotatable bonds is 6. The van der Waals surface area contributed by atoms with Gasteiger partial charge in [0.2, 0.25) is 0 Å². The number of aromatic nitrogens is 1. The lowest BCUT2D eigenvalue weighted by Gasteiger charge is -2.26. The molecule has 1 unspecified atom stereocenters. The molecule has 0 spiro atoms. The fourth-order valence-electron chi connectivity index (χ4n) is 3.48. The normalized spacial score (nSPS) is 16.9. The summed E-state index contributed by atoms with van der Waals surface area (Å²) in [6.07, 6.45) is 2.88. The number of anilines is 1. The summed E-state index contributed by atoms with van der Waals surface area (Å²) in [5.41, 5.74) is 4.32. The van der Waals surface area contributed by atoms with Gasteiger partial charge in [-0.2, -0.15) is 0 Å². The number of carbonyl (C=O) groups is 1. The fourth-order valence-corrected chi connectivity index (χ4v) is 3.48. The Morgan fingerprint density at radius 1 is 1.20 bits per heavy atom. The minimum absolute atomic E-state index is 0.263. The van der Waals surface area contributed by atoms with Gasteiger partial charge in [-0.1, -0.05) is 6.07 Å². The highest BCUT2D eigenvalue weighted by Crippen LogP contribution is 2.29. The first-order chi connectivity index (χ1) is 12.0. The molecule has 0 aliphatic carbocycles. The highest BCUT2D eigenvalue weighted by molar-refractivity contribution is 5.77. The van der Waals surface area contributed by atoms with Crippen LogP contribution in [-0.2, 0) is 11.4 Å². The zero-order chi connectivity index (χ0) is 17.8. The second-order valence-corrected chi connectivity index (χ2v) is 6.88. The zero-order valence-corrected chi connectivity index (χ0v) is 15.3. The third-order valence-electron chi connectivity index (χ3n) is 4.80. The predicted molar refractivity (Wildman–Crippen MR) is 100 cm³/mol. The van der Waals surface area contributed by atoms with E-state index in [1.54, 1.807) is 6.92 Å². The molecule has 0 N–H and O–H groups in total. The number of aryl methyl sites for hydroxylation is 2. The van der Waals surface area contributed by atoms with Crippen LogP contribution >= 0.6 is 0 Å². The summed E-state index contributed by atoms with van der Waals surface area (Å²) in [6, 6.07) is 12.6. The average molecular weight is 338 g/mol. The van der Waals surface area contributed by atoms with Crippen LogP contribution in [0.2, 0.25) is 0 Å². The Kier molecular flexibility index (Phi) is 5.37. The van der Waals surface area contributed by atoms with E-state index < -0.39 is 0 Å². The summed E-state index contributed by atoms with van der Waals surface area (Å²) in [7, 11) is 0.